The molecule has 4 rings (SSSR count). The second-order valence-corrected chi connectivity index (χ2v) is 8.28. The van der Waals surface area contributed by atoms with E-state index in [9.17, 15) is 4.79 Å². The number of hydrogen-bond donors (Lipinski definition) is 0. The summed E-state index contributed by atoms with van der Waals surface area (Å²) in [5.41, 5.74) is 2.74. The first-order valence-corrected chi connectivity index (χ1v) is 10.8. The second kappa shape index (κ2) is 8.74. The highest BCUT2D eigenvalue weighted by Crippen LogP contribution is 2.35. The zero-order valence-electron chi connectivity index (χ0n) is 16.8. The summed E-state index contributed by atoms with van der Waals surface area (Å²) in [5, 5.41) is 0.794. The molecule has 1 fully saturated rings. The van der Waals surface area contributed by atoms with Gasteiger partial charge in [0, 0.05) is 12.7 Å². The van der Waals surface area contributed by atoms with E-state index < -0.39 is 0 Å². The molecule has 0 N–H and O–H groups in total. The maximum atomic E-state index is 13.6. The number of carbonyl (C=O) groups is 1. The Morgan fingerprint density at radius 1 is 1.14 bits per heavy atom. The molecule has 3 heterocycles. The largest absolute Gasteiger partial charge is 0.497 e. The molecular weight excluding hydrogens is 382 g/mol. The summed E-state index contributed by atoms with van der Waals surface area (Å²) < 4.78 is 5.29. The van der Waals surface area contributed by atoms with E-state index in [1.807, 2.05) is 42.2 Å². The van der Waals surface area contributed by atoms with Gasteiger partial charge in [-0.3, -0.25) is 9.78 Å². The van der Waals surface area contributed by atoms with Crippen molar-refractivity contribution >= 4 is 17.2 Å². The highest BCUT2D eigenvalue weighted by molar-refractivity contribution is 7.17. The predicted molar refractivity (Wildman–Crippen MR) is 115 cm³/mol. The molecule has 0 saturated carbocycles. The highest BCUT2D eigenvalue weighted by atomic mass is 32.1. The Morgan fingerprint density at radius 2 is 1.97 bits per heavy atom. The van der Waals surface area contributed by atoms with Crippen molar-refractivity contribution in [1.29, 1.82) is 0 Å². The molecule has 0 unspecified atom stereocenters. The normalized spacial score (nSPS) is 17.0. The van der Waals surface area contributed by atoms with Crippen LogP contribution in [-0.4, -0.2) is 34.4 Å². The lowest BCUT2D eigenvalue weighted by atomic mass is 10.0. The second-order valence-electron chi connectivity index (χ2n) is 7.29. The molecular formula is C23H25N3O2S. The third kappa shape index (κ3) is 4.17. The topological polar surface area (TPSA) is 55.3 Å². The van der Waals surface area contributed by atoms with Crippen LogP contribution in [0.1, 0.15) is 52.7 Å². The molecule has 150 valence electrons. The van der Waals surface area contributed by atoms with E-state index in [1.165, 1.54) is 11.3 Å². The highest BCUT2D eigenvalue weighted by Gasteiger charge is 2.30. The molecule has 0 radical (unpaired) electrons. The number of nitrogens with zero attached hydrogens (tertiary/aromatic N) is 3. The maximum Gasteiger partial charge on any atom is 0.266 e. The van der Waals surface area contributed by atoms with Crippen LogP contribution in [0.4, 0.5) is 0 Å². The molecule has 0 bridgehead atoms. The minimum absolute atomic E-state index is 0.0740. The number of methoxy groups -OCH3 is 1. The minimum atomic E-state index is 0.0740. The van der Waals surface area contributed by atoms with Crippen molar-refractivity contribution in [3.63, 3.8) is 0 Å². The molecule has 0 aliphatic carbocycles. The fourth-order valence-electron chi connectivity index (χ4n) is 3.85. The molecule has 1 atom stereocenters. The minimum Gasteiger partial charge on any atom is -0.497 e. The van der Waals surface area contributed by atoms with Gasteiger partial charge in [-0.1, -0.05) is 31.0 Å². The lowest BCUT2D eigenvalue weighted by Crippen LogP contribution is -2.34. The van der Waals surface area contributed by atoms with E-state index in [-0.39, 0.29) is 11.9 Å². The number of hydrogen-bond acceptors (Lipinski definition) is 5. The van der Waals surface area contributed by atoms with Crippen molar-refractivity contribution < 1.29 is 9.53 Å². The first-order valence-electron chi connectivity index (χ1n) is 10.0. The number of carbonyl (C=O) groups excluding carboxylic acids is 1. The van der Waals surface area contributed by atoms with Crippen LogP contribution in [0.15, 0.2) is 48.7 Å². The van der Waals surface area contributed by atoms with Crippen molar-refractivity contribution in [2.75, 3.05) is 13.7 Å². The molecule has 1 aliphatic rings. The fourth-order valence-corrected chi connectivity index (χ4v) is 4.85. The van der Waals surface area contributed by atoms with Gasteiger partial charge in [-0.15, -0.1) is 11.3 Å². The van der Waals surface area contributed by atoms with Gasteiger partial charge >= 0.3 is 0 Å². The SMILES string of the molecule is COc1ccc([C@H]2CCCCCN2C(=O)c2sc(-c3ccccn3)nc2C)cc1. The van der Waals surface area contributed by atoms with Crippen molar-refractivity contribution in [1.82, 2.24) is 14.9 Å². The summed E-state index contributed by atoms with van der Waals surface area (Å²) >= 11 is 1.44. The van der Waals surface area contributed by atoms with Crippen LogP contribution in [0.3, 0.4) is 0 Å². The van der Waals surface area contributed by atoms with Gasteiger partial charge in [-0.05, 0) is 49.6 Å². The van der Waals surface area contributed by atoms with Crippen molar-refractivity contribution in [2.24, 2.45) is 0 Å². The van der Waals surface area contributed by atoms with Gasteiger partial charge in [-0.2, -0.15) is 0 Å². The van der Waals surface area contributed by atoms with Crippen LogP contribution in [0, 0.1) is 6.92 Å². The van der Waals surface area contributed by atoms with Gasteiger partial charge < -0.3 is 9.64 Å². The average Bonchev–Trinajstić information content (AvgIpc) is 2.99. The Balaban J connectivity index is 1.65. The third-order valence-corrected chi connectivity index (χ3v) is 6.56. The quantitative estimate of drug-likeness (QED) is 0.590. The molecule has 6 heteroatoms. The molecule has 1 aliphatic heterocycles. The number of ether oxygens (including phenoxy) is 1. The summed E-state index contributed by atoms with van der Waals surface area (Å²) in [7, 11) is 1.67. The summed E-state index contributed by atoms with van der Waals surface area (Å²) in [6.07, 6.45) is 6.03. The molecule has 1 saturated heterocycles. The van der Waals surface area contributed by atoms with Crippen molar-refractivity contribution in [3.8, 4) is 16.5 Å². The molecule has 1 amide bonds. The first kappa shape index (κ1) is 19.6. The van der Waals surface area contributed by atoms with Gasteiger partial charge in [0.2, 0.25) is 0 Å². The van der Waals surface area contributed by atoms with Crippen LogP contribution < -0.4 is 4.74 Å². The van der Waals surface area contributed by atoms with E-state index >= 15 is 0 Å². The molecule has 1 aromatic carbocycles. The van der Waals surface area contributed by atoms with Gasteiger partial charge in [-0.25, -0.2) is 4.98 Å². The van der Waals surface area contributed by atoms with Gasteiger partial charge in [0.15, 0.2) is 0 Å². The lowest BCUT2D eigenvalue weighted by molar-refractivity contribution is 0.0685. The van der Waals surface area contributed by atoms with Crippen LogP contribution >= 0.6 is 11.3 Å². The number of amides is 1. The summed E-state index contributed by atoms with van der Waals surface area (Å²) in [6, 6.07) is 13.9. The van der Waals surface area contributed by atoms with E-state index in [0.29, 0.717) is 4.88 Å². The Kier molecular flexibility index (Phi) is 5.90. The van der Waals surface area contributed by atoms with Crippen molar-refractivity contribution in [2.45, 2.75) is 38.6 Å². The Bertz CT molecular complexity index is 970. The Labute approximate surface area is 175 Å². The van der Waals surface area contributed by atoms with E-state index in [0.717, 1.165) is 59.9 Å². The number of aromatic nitrogens is 2. The molecule has 0 spiro atoms. The molecule has 5 nitrogen and oxygen atoms in total. The number of rotatable bonds is 4. The van der Waals surface area contributed by atoms with Crippen LogP contribution in [-0.2, 0) is 0 Å². The fraction of sp³-hybridized carbons (Fsp3) is 0.348. The monoisotopic (exact) mass is 407 g/mol. The van der Waals surface area contributed by atoms with Gasteiger partial charge in [0.05, 0.1) is 24.5 Å². The predicted octanol–water partition coefficient (Wildman–Crippen LogP) is 5.28. The zero-order chi connectivity index (χ0) is 20.2. The zero-order valence-corrected chi connectivity index (χ0v) is 17.6. The Hall–Kier alpha value is -2.73. The number of likely N-dealkylation sites (tertiary alicyclic amines) is 1. The standard InChI is InChI=1S/C23H25N3O2S/c1-16-21(29-22(25-16)19-8-5-6-14-24-19)23(27)26-15-7-3-4-9-20(26)17-10-12-18(28-2)13-11-17/h5-6,8,10-14,20H,3-4,7,9,15H2,1-2H3/t20-/m1/s1. The van der Waals surface area contributed by atoms with E-state index in [2.05, 4.69) is 22.1 Å². The summed E-state index contributed by atoms with van der Waals surface area (Å²) in [5.74, 6) is 0.906. The van der Waals surface area contributed by atoms with Crippen LogP contribution in [0.25, 0.3) is 10.7 Å². The summed E-state index contributed by atoms with van der Waals surface area (Å²) in [6.45, 7) is 2.68. The van der Waals surface area contributed by atoms with Crippen LogP contribution in [0.2, 0.25) is 0 Å². The van der Waals surface area contributed by atoms with Gasteiger partial charge in [0.1, 0.15) is 15.6 Å². The molecule has 2 aromatic heterocycles. The Morgan fingerprint density at radius 3 is 2.69 bits per heavy atom. The number of thiazole rings is 1. The summed E-state index contributed by atoms with van der Waals surface area (Å²) in [4.78, 5) is 25.3. The van der Waals surface area contributed by atoms with E-state index in [4.69, 9.17) is 4.74 Å². The molecule has 29 heavy (non-hydrogen) atoms. The average molecular weight is 408 g/mol. The van der Waals surface area contributed by atoms with E-state index in [1.54, 1.807) is 13.3 Å². The van der Waals surface area contributed by atoms with Crippen molar-refractivity contribution in [3.05, 3.63) is 64.8 Å². The molecule has 3 aromatic rings. The third-order valence-electron chi connectivity index (χ3n) is 5.39. The van der Waals surface area contributed by atoms with Gasteiger partial charge in [0.25, 0.3) is 5.91 Å². The first-order chi connectivity index (χ1) is 14.2. The number of pyridine rings is 1. The lowest BCUT2D eigenvalue weighted by Gasteiger charge is -2.30. The van der Waals surface area contributed by atoms with Crippen LogP contribution in [0.5, 0.6) is 5.75 Å². The maximum absolute atomic E-state index is 13.6. The smallest absolute Gasteiger partial charge is 0.266 e. The number of aryl methyl sites for hydroxylation is 1. The number of benzene rings is 1.